The molecule has 28 heavy (non-hydrogen) atoms. The van der Waals surface area contributed by atoms with Crippen molar-refractivity contribution in [3.63, 3.8) is 0 Å². The van der Waals surface area contributed by atoms with Crippen LogP contribution in [0.1, 0.15) is 32.9 Å². The molecule has 8 nitrogen and oxygen atoms in total. The van der Waals surface area contributed by atoms with Crippen LogP contribution in [-0.4, -0.2) is 21.0 Å². The molecule has 0 aliphatic heterocycles. The summed E-state index contributed by atoms with van der Waals surface area (Å²) < 4.78 is 10.6. The zero-order valence-corrected chi connectivity index (χ0v) is 15.6. The molecule has 4 heterocycles. The minimum absolute atomic E-state index is 0.102. The molecule has 0 radical (unpaired) electrons. The lowest BCUT2D eigenvalue weighted by Crippen LogP contribution is -2.28. The van der Waals surface area contributed by atoms with Crippen molar-refractivity contribution in [3.8, 4) is 11.5 Å². The number of nitrogens with one attached hydrogen (secondary N) is 2. The maximum atomic E-state index is 12.9. The second-order valence-corrected chi connectivity index (χ2v) is 6.61. The van der Waals surface area contributed by atoms with Crippen molar-refractivity contribution in [1.29, 1.82) is 0 Å². The van der Waals surface area contributed by atoms with Gasteiger partial charge in [0.05, 0.1) is 22.9 Å². The number of hydrogen-bond acceptors (Lipinski definition) is 6. The van der Waals surface area contributed by atoms with Gasteiger partial charge in [-0.05, 0) is 50.6 Å². The first-order valence-corrected chi connectivity index (χ1v) is 8.72. The zero-order valence-electron chi connectivity index (χ0n) is 15.6. The van der Waals surface area contributed by atoms with Crippen LogP contribution in [0.25, 0.3) is 22.6 Å². The highest BCUT2D eigenvalue weighted by Gasteiger charge is 2.20. The van der Waals surface area contributed by atoms with Crippen molar-refractivity contribution in [2.75, 3.05) is 0 Å². The summed E-state index contributed by atoms with van der Waals surface area (Å²) in [6.07, 6.45) is 1.53. The van der Waals surface area contributed by atoms with E-state index in [4.69, 9.17) is 8.94 Å². The highest BCUT2D eigenvalue weighted by molar-refractivity contribution is 6.06. The number of rotatable bonds is 4. The molecule has 0 unspecified atom stereocenters. The Morgan fingerprint density at radius 2 is 2.07 bits per heavy atom. The Bertz CT molecular complexity index is 1240. The summed E-state index contributed by atoms with van der Waals surface area (Å²) in [6.45, 7) is 5.50. The van der Waals surface area contributed by atoms with Crippen LogP contribution in [0, 0.1) is 20.8 Å². The van der Waals surface area contributed by atoms with Gasteiger partial charge in [-0.2, -0.15) is 0 Å². The Morgan fingerprint density at radius 1 is 1.25 bits per heavy atom. The number of pyridine rings is 2. The number of aromatic amines is 1. The lowest BCUT2D eigenvalue weighted by molar-refractivity contribution is 0.0952. The molecule has 0 aromatic carbocycles. The summed E-state index contributed by atoms with van der Waals surface area (Å²) in [4.78, 5) is 32.3. The molecule has 142 valence electrons. The summed E-state index contributed by atoms with van der Waals surface area (Å²) >= 11 is 0. The maximum absolute atomic E-state index is 12.9. The third-order valence-electron chi connectivity index (χ3n) is 4.55. The zero-order chi connectivity index (χ0) is 19.8. The van der Waals surface area contributed by atoms with E-state index in [9.17, 15) is 9.59 Å². The molecule has 0 spiro atoms. The molecule has 0 bridgehead atoms. The van der Waals surface area contributed by atoms with Crippen molar-refractivity contribution >= 4 is 17.0 Å². The first-order chi connectivity index (χ1) is 13.4. The average molecular weight is 378 g/mol. The standard InChI is InChI=1S/C20H18N4O4/c1-10-7-11(2)22-19(26)14(10)9-21-18(25)13-8-15(16-5-4-6-27-16)23-20-17(13)12(3)24-28-20/h4-8H,9H2,1-3H3,(H,21,25)(H,22,26). The summed E-state index contributed by atoms with van der Waals surface area (Å²) in [5.41, 5.74) is 3.52. The van der Waals surface area contributed by atoms with Gasteiger partial charge in [0.15, 0.2) is 5.76 Å². The van der Waals surface area contributed by atoms with E-state index in [1.807, 2.05) is 19.9 Å². The fourth-order valence-corrected chi connectivity index (χ4v) is 3.19. The summed E-state index contributed by atoms with van der Waals surface area (Å²) in [6, 6.07) is 6.98. The van der Waals surface area contributed by atoms with E-state index in [1.165, 1.54) is 6.26 Å². The average Bonchev–Trinajstić information content (AvgIpc) is 3.30. The molecular formula is C20H18N4O4. The Labute approximate surface area is 159 Å². The molecule has 1 amide bonds. The van der Waals surface area contributed by atoms with Gasteiger partial charge in [-0.3, -0.25) is 9.59 Å². The maximum Gasteiger partial charge on any atom is 0.259 e. The Morgan fingerprint density at radius 3 is 2.79 bits per heavy atom. The Balaban J connectivity index is 1.71. The molecule has 0 aliphatic carbocycles. The number of carbonyl (C=O) groups is 1. The molecule has 0 aliphatic rings. The highest BCUT2D eigenvalue weighted by atomic mass is 16.5. The third kappa shape index (κ3) is 3.09. The monoisotopic (exact) mass is 378 g/mol. The number of fused-ring (bicyclic) bond motifs is 1. The number of H-pyrrole nitrogens is 1. The number of carbonyl (C=O) groups excluding carboxylic acids is 1. The third-order valence-corrected chi connectivity index (χ3v) is 4.55. The Kier molecular flexibility index (Phi) is 4.31. The van der Waals surface area contributed by atoms with E-state index in [1.54, 1.807) is 25.1 Å². The quantitative estimate of drug-likeness (QED) is 0.564. The van der Waals surface area contributed by atoms with Crippen molar-refractivity contribution in [2.24, 2.45) is 0 Å². The normalized spacial score (nSPS) is 11.1. The van der Waals surface area contributed by atoms with Gasteiger partial charge in [-0.25, -0.2) is 4.98 Å². The minimum atomic E-state index is -0.356. The first-order valence-electron chi connectivity index (χ1n) is 8.72. The van der Waals surface area contributed by atoms with E-state index >= 15 is 0 Å². The predicted molar refractivity (Wildman–Crippen MR) is 102 cm³/mol. The molecule has 8 heteroatoms. The minimum Gasteiger partial charge on any atom is -0.463 e. The van der Waals surface area contributed by atoms with E-state index in [0.29, 0.717) is 33.7 Å². The highest BCUT2D eigenvalue weighted by Crippen LogP contribution is 2.27. The van der Waals surface area contributed by atoms with Gasteiger partial charge in [0.1, 0.15) is 5.69 Å². The van der Waals surface area contributed by atoms with Crippen LogP contribution in [0.2, 0.25) is 0 Å². The van der Waals surface area contributed by atoms with E-state index in [-0.39, 0.29) is 23.7 Å². The van der Waals surface area contributed by atoms with Gasteiger partial charge in [0.2, 0.25) is 0 Å². The second-order valence-electron chi connectivity index (χ2n) is 6.61. The molecule has 0 atom stereocenters. The van der Waals surface area contributed by atoms with Gasteiger partial charge in [0, 0.05) is 17.8 Å². The molecule has 4 rings (SSSR count). The molecule has 0 saturated heterocycles. The molecule has 4 aromatic rings. The van der Waals surface area contributed by atoms with Crippen LogP contribution < -0.4 is 10.9 Å². The van der Waals surface area contributed by atoms with Crippen LogP contribution >= 0.6 is 0 Å². The first kappa shape index (κ1) is 17.7. The van der Waals surface area contributed by atoms with Crippen molar-refractivity contribution in [2.45, 2.75) is 27.3 Å². The number of aryl methyl sites for hydroxylation is 3. The summed E-state index contributed by atoms with van der Waals surface area (Å²) in [5.74, 6) is 0.154. The number of nitrogens with zero attached hydrogens (tertiary/aromatic N) is 2. The van der Waals surface area contributed by atoms with E-state index in [0.717, 1.165) is 11.3 Å². The number of furan rings is 1. The molecule has 2 N–H and O–H groups in total. The number of hydrogen-bond donors (Lipinski definition) is 2. The lowest BCUT2D eigenvalue weighted by Gasteiger charge is -2.09. The van der Waals surface area contributed by atoms with Crippen LogP contribution in [-0.2, 0) is 6.54 Å². The fourth-order valence-electron chi connectivity index (χ4n) is 3.19. The van der Waals surface area contributed by atoms with Crippen LogP contribution in [0.3, 0.4) is 0 Å². The topological polar surface area (TPSA) is 114 Å². The summed E-state index contributed by atoms with van der Waals surface area (Å²) in [7, 11) is 0. The predicted octanol–water partition coefficient (Wildman–Crippen LogP) is 3.03. The van der Waals surface area contributed by atoms with E-state index < -0.39 is 0 Å². The number of aromatic nitrogens is 3. The van der Waals surface area contributed by atoms with Crippen LogP contribution in [0.15, 0.2) is 44.3 Å². The van der Waals surface area contributed by atoms with Gasteiger partial charge in [-0.15, -0.1) is 0 Å². The molecular weight excluding hydrogens is 360 g/mol. The van der Waals surface area contributed by atoms with Crippen molar-refractivity contribution in [3.05, 3.63) is 69.0 Å². The number of amides is 1. The van der Waals surface area contributed by atoms with Crippen LogP contribution in [0.4, 0.5) is 0 Å². The van der Waals surface area contributed by atoms with Gasteiger partial charge in [-0.1, -0.05) is 5.16 Å². The summed E-state index contributed by atoms with van der Waals surface area (Å²) in [5, 5.41) is 7.26. The van der Waals surface area contributed by atoms with Crippen LogP contribution in [0.5, 0.6) is 0 Å². The van der Waals surface area contributed by atoms with Gasteiger partial charge >= 0.3 is 0 Å². The van der Waals surface area contributed by atoms with E-state index in [2.05, 4.69) is 20.4 Å². The fraction of sp³-hybridized carbons (Fsp3) is 0.200. The van der Waals surface area contributed by atoms with Gasteiger partial charge < -0.3 is 19.2 Å². The molecule has 4 aromatic heterocycles. The molecule has 0 saturated carbocycles. The SMILES string of the molecule is Cc1cc(C)c(CNC(=O)c2cc(-c3ccco3)nc3onc(C)c23)c(=O)[nH]1. The largest absolute Gasteiger partial charge is 0.463 e. The van der Waals surface area contributed by atoms with Gasteiger partial charge in [0.25, 0.3) is 17.2 Å². The van der Waals surface area contributed by atoms with Crippen molar-refractivity contribution < 1.29 is 13.7 Å². The van der Waals surface area contributed by atoms with Crippen molar-refractivity contribution in [1.82, 2.24) is 20.4 Å². The molecule has 0 fully saturated rings. The lowest BCUT2D eigenvalue weighted by atomic mass is 10.1. The second kappa shape index (κ2) is 6.80. The smallest absolute Gasteiger partial charge is 0.259 e. The Hall–Kier alpha value is -3.68.